The van der Waals surface area contributed by atoms with Crippen LogP contribution in [0.25, 0.3) is 0 Å². The summed E-state index contributed by atoms with van der Waals surface area (Å²) >= 11 is 0. The third kappa shape index (κ3) is 3.48. The largest absolute Gasteiger partial charge is 0.493 e. The highest BCUT2D eigenvalue weighted by atomic mass is 16.5. The first-order chi connectivity index (χ1) is 9.76. The summed E-state index contributed by atoms with van der Waals surface area (Å²) in [5, 5.41) is 0. The molecule has 0 saturated carbocycles. The molecule has 0 aliphatic heterocycles. The SMILES string of the molecule is CCc1ccc(OCc2ccc(CN)cn2)c(OC)c1. The van der Waals surface area contributed by atoms with Gasteiger partial charge in [-0.25, -0.2) is 0 Å². The molecule has 1 aromatic carbocycles. The maximum Gasteiger partial charge on any atom is 0.161 e. The van der Waals surface area contributed by atoms with Gasteiger partial charge in [0, 0.05) is 12.7 Å². The predicted octanol–water partition coefficient (Wildman–Crippen LogP) is 2.69. The number of nitrogens with two attached hydrogens (primary N) is 1. The monoisotopic (exact) mass is 272 g/mol. The Morgan fingerprint density at radius 2 is 1.90 bits per heavy atom. The highest BCUT2D eigenvalue weighted by Crippen LogP contribution is 2.28. The predicted molar refractivity (Wildman–Crippen MR) is 78.8 cm³/mol. The average molecular weight is 272 g/mol. The van der Waals surface area contributed by atoms with Crippen molar-refractivity contribution in [2.75, 3.05) is 7.11 Å². The zero-order valence-corrected chi connectivity index (χ0v) is 11.9. The van der Waals surface area contributed by atoms with Gasteiger partial charge in [0.15, 0.2) is 11.5 Å². The van der Waals surface area contributed by atoms with Gasteiger partial charge in [0.25, 0.3) is 0 Å². The Labute approximate surface area is 119 Å². The number of hydrogen-bond acceptors (Lipinski definition) is 4. The van der Waals surface area contributed by atoms with Crippen molar-refractivity contribution in [3.8, 4) is 11.5 Å². The standard InChI is InChI=1S/C16H20N2O2/c1-3-12-5-7-15(16(8-12)19-2)20-11-14-6-4-13(9-17)10-18-14/h4-8,10H,3,9,11,17H2,1-2H3. The minimum atomic E-state index is 0.409. The van der Waals surface area contributed by atoms with Gasteiger partial charge in [-0.15, -0.1) is 0 Å². The number of rotatable bonds is 6. The van der Waals surface area contributed by atoms with Crippen molar-refractivity contribution in [2.24, 2.45) is 5.73 Å². The molecule has 4 nitrogen and oxygen atoms in total. The van der Waals surface area contributed by atoms with Crippen molar-refractivity contribution >= 4 is 0 Å². The molecule has 0 fully saturated rings. The molecule has 1 heterocycles. The molecule has 0 amide bonds. The molecule has 0 bridgehead atoms. The van der Waals surface area contributed by atoms with Gasteiger partial charge in [0.2, 0.25) is 0 Å². The quantitative estimate of drug-likeness (QED) is 0.878. The number of aryl methyl sites for hydroxylation is 1. The molecule has 2 aromatic rings. The Balaban J connectivity index is 2.05. The van der Waals surface area contributed by atoms with E-state index in [2.05, 4.69) is 11.9 Å². The van der Waals surface area contributed by atoms with Crippen molar-refractivity contribution in [3.63, 3.8) is 0 Å². The molecule has 4 heteroatoms. The van der Waals surface area contributed by atoms with E-state index in [0.29, 0.717) is 13.2 Å². The van der Waals surface area contributed by atoms with Gasteiger partial charge in [-0.3, -0.25) is 4.98 Å². The molecular formula is C16H20N2O2. The van der Waals surface area contributed by atoms with Crippen LogP contribution in [-0.2, 0) is 19.6 Å². The van der Waals surface area contributed by atoms with Crippen LogP contribution >= 0.6 is 0 Å². The van der Waals surface area contributed by atoms with Crippen LogP contribution in [0.1, 0.15) is 23.7 Å². The van der Waals surface area contributed by atoms with Crippen LogP contribution in [0, 0.1) is 0 Å². The van der Waals surface area contributed by atoms with Crippen LogP contribution in [0.2, 0.25) is 0 Å². The minimum absolute atomic E-state index is 0.409. The first-order valence-corrected chi connectivity index (χ1v) is 6.70. The summed E-state index contributed by atoms with van der Waals surface area (Å²) in [5.41, 5.74) is 8.64. The zero-order valence-electron chi connectivity index (χ0n) is 11.9. The molecule has 0 radical (unpaired) electrons. The van der Waals surface area contributed by atoms with Crippen LogP contribution in [-0.4, -0.2) is 12.1 Å². The van der Waals surface area contributed by atoms with Crippen LogP contribution in [0.4, 0.5) is 0 Å². The molecule has 0 unspecified atom stereocenters. The zero-order chi connectivity index (χ0) is 14.4. The lowest BCUT2D eigenvalue weighted by molar-refractivity contribution is 0.280. The maximum absolute atomic E-state index is 5.77. The lowest BCUT2D eigenvalue weighted by Gasteiger charge is -2.11. The Morgan fingerprint density at radius 1 is 1.10 bits per heavy atom. The fourth-order valence-corrected chi connectivity index (χ4v) is 1.86. The lowest BCUT2D eigenvalue weighted by atomic mass is 10.1. The molecule has 2 N–H and O–H groups in total. The number of nitrogens with zero attached hydrogens (tertiary/aromatic N) is 1. The van der Waals surface area contributed by atoms with Crippen LogP contribution in [0.5, 0.6) is 11.5 Å². The number of methoxy groups -OCH3 is 1. The van der Waals surface area contributed by atoms with Gasteiger partial charge in [-0.2, -0.15) is 0 Å². The van der Waals surface area contributed by atoms with Gasteiger partial charge in [-0.05, 0) is 35.7 Å². The van der Waals surface area contributed by atoms with Crippen LogP contribution in [0.15, 0.2) is 36.5 Å². The molecule has 2 rings (SSSR count). The Hall–Kier alpha value is -2.07. The van der Waals surface area contributed by atoms with E-state index < -0.39 is 0 Å². The van der Waals surface area contributed by atoms with E-state index in [-0.39, 0.29) is 0 Å². The summed E-state index contributed by atoms with van der Waals surface area (Å²) in [4.78, 5) is 4.31. The van der Waals surface area contributed by atoms with E-state index in [1.54, 1.807) is 13.3 Å². The van der Waals surface area contributed by atoms with Crippen LogP contribution in [0.3, 0.4) is 0 Å². The van der Waals surface area contributed by atoms with E-state index in [1.807, 2.05) is 30.3 Å². The third-order valence-electron chi connectivity index (χ3n) is 3.13. The number of hydrogen-bond donors (Lipinski definition) is 1. The van der Waals surface area contributed by atoms with Crippen LogP contribution < -0.4 is 15.2 Å². The van der Waals surface area contributed by atoms with Crippen molar-refractivity contribution in [3.05, 3.63) is 53.3 Å². The fourth-order valence-electron chi connectivity index (χ4n) is 1.86. The summed E-state index contributed by atoms with van der Waals surface area (Å²) in [5.74, 6) is 1.48. The van der Waals surface area contributed by atoms with Crippen molar-refractivity contribution in [2.45, 2.75) is 26.5 Å². The summed E-state index contributed by atoms with van der Waals surface area (Å²) in [6.45, 7) is 3.02. The topological polar surface area (TPSA) is 57.4 Å². The molecule has 0 spiro atoms. The molecule has 1 aromatic heterocycles. The fraction of sp³-hybridized carbons (Fsp3) is 0.312. The summed E-state index contributed by atoms with van der Waals surface area (Å²) < 4.78 is 11.1. The maximum atomic E-state index is 5.77. The second-order valence-corrected chi connectivity index (χ2v) is 4.49. The smallest absolute Gasteiger partial charge is 0.161 e. The van der Waals surface area contributed by atoms with E-state index in [4.69, 9.17) is 15.2 Å². The average Bonchev–Trinajstić information content (AvgIpc) is 2.53. The highest BCUT2D eigenvalue weighted by molar-refractivity contribution is 5.43. The second kappa shape index (κ2) is 6.91. The van der Waals surface area contributed by atoms with Gasteiger partial charge in [0.1, 0.15) is 6.61 Å². The first-order valence-electron chi connectivity index (χ1n) is 6.70. The number of pyridine rings is 1. The van der Waals surface area contributed by atoms with Crippen molar-refractivity contribution < 1.29 is 9.47 Å². The number of aromatic nitrogens is 1. The van der Waals surface area contributed by atoms with Crippen molar-refractivity contribution in [1.82, 2.24) is 4.98 Å². The number of ether oxygens (including phenoxy) is 2. The van der Waals surface area contributed by atoms with E-state index >= 15 is 0 Å². The van der Waals surface area contributed by atoms with Gasteiger partial charge in [0.05, 0.1) is 12.8 Å². The Bertz CT molecular complexity index is 553. The second-order valence-electron chi connectivity index (χ2n) is 4.49. The third-order valence-corrected chi connectivity index (χ3v) is 3.13. The molecule has 0 saturated heterocycles. The summed E-state index contributed by atoms with van der Waals surface area (Å²) in [6, 6.07) is 9.87. The molecule has 0 aliphatic rings. The minimum Gasteiger partial charge on any atom is -0.493 e. The van der Waals surface area contributed by atoms with E-state index in [1.165, 1.54) is 5.56 Å². The number of benzene rings is 1. The van der Waals surface area contributed by atoms with Gasteiger partial charge in [-0.1, -0.05) is 19.1 Å². The Kier molecular flexibility index (Phi) is 4.96. The van der Waals surface area contributed by atoms with E-state index in [9.17, 15) is 0 Å². The highest BCUT2D eigenvalue weighted by Gasteiger charge is 2.06. The summed E-state index contributed by atoms with van der Waals surface area (Å²) in [7, 11) is 1.65. The lowest BCUT2D eigenvalue weighted by Crippen LogP contribution is -2.02. The van der Waals surface area contributed by atoms with Gasteiger partial charge >= 0.3 is 0 Å². The van der Waals surface area contributed by atoms with E-state index in [0.717, 1.165) is 29.2 Å². The Morgan fingerprint density at radius 3 is 2.50 bits per heavy atom. The molecule has 0 aliphatic carbocycles. The molecule has 106 valence electrons. The first kappa shape index (κ1) is 14.3. The van der Waals surface area contributed by atoms with Crippen molar-refractivity contribution in [1.29, 1.82) is 0 Å². The molecular weight excluding hydrogens is 252 g/mol. The molecule has 0 atom stereocenters. The summed E-state index contributed by atoms with van der Waals surface area (Å²) in [6.07, 6.45) is 2.74. The van der Waals surface area contributed by atoms with Gasteiger partial charge < -0.3 is 15.2 Å². The normalized spacial score (nSPS) is 10.3. The molecule has 20 heavy (non-hydrogen) atoms.